The van der Waals surface area contributed by atoms with E-state index in [1.807, 2.05) is 14.1 Å². The van der Waals surface area contributed by atoms with Crippen LogP contribution in [0.3, 0.4) is 0 Å². The molecule has 3 heterocycles. The highest BCUT2D eigenvalue weighted by atomic mass is 28.4. The third-order valence-corrected chi connectivity index (χ3v) is 10.3. The monoisotopic (exact) mass is 436 g/mol. The summed E-state index contributed by atoms with van der Waals surface area (Å²) in [7, 11) is 1.69. The summed E-state index contributed by atoms with van der Waals surface area (Å²) in [5.41, 5.74) is 0.201. The normalized spacial score (nSPS) is 23.0. The molecule has 2 aromatic rings. The van der Waals surface area contributed by atoms with Gasteiger partial charge < -0.3 is 19.2 Å². The number of nitrogens with one attached hydrogen (secondary N) is 1. The number of ether oxygens (including phenoxy) is 1. The SMILES string of the molecule is CN(C)/C=N/c1nc2c(ncn2[C@@H]2C[C@H](O)[C@H](CO[Si](C)(C)C(C)(C)C)O2)c(=O)[nH]1. The zero-order chi connectivity index (χ0) is 22.3. The Bertz CT molecular complexity index is 978. The molecule has 0 aliphatic carbocycles. The Balaban J connectivity index is 1.80. The quantitative estimate of drug-likeness (QED) is 0.404. The lowest BCUT2D eigenvalue weighted by atomic mass is 10.2. The van der Waals surface area contributed by atoms with E-state index in [1.54, 1.807) is 15.8 Å². The van der Waals surface area contributed by atoms with Crippen molar-refractivity contribution in [1.29, 1.82) is 0 Å². The number of hydrogen-bond acceptors (Lipinski definition) is 7. The fourth-order valence-corrected chi connectivity index (χ4v) is 3.91. The number of rotatable bonds is 6. The Morgan fingerprint density at radius 2 is 2.17 bits per heavy atom. The fraction of sp³-hybridized carbons (Fsp3) is 0.684. The summed E-state index contributed by atoms with van der Waals surface area (Å²) in [4.78, 5) is 29.4. The lowest BCUT2D eigenvalue weighted by Gasteiger charge is -2.37. The molecule has 166 valence electrons. The van der Waals surface area contributed by atoms with Crippen LogP contribution < -0.4 is 5.56 Å². The number of aliphatic imine (C=N–C) groups is 1. The van der Waals surface area contributed by atoms with Crippen molar-refractivity contribution in [3.8, 4) is 0 Å². The maximum absolute atomic E-state index is 12.3. The number of imidazole rings is 1. The minimum Gasteiger partial charge on any atom is -0.414 e. The molecule has 0 amide bonds. The number of aromatic nitrogens is 4. The lowest BCUT2D eigenvalue weighted by molar-refractivity contribution is -0.0405. The zero-order valence-electron chi connectivity index (χ0n) is 18.7. The third-order valence-electron chi connectivity index (χ3n) is 5.76. The average Bonchev–Trinajstić information content (AvgIpc) is 3.21. The lowest BCUT2D eigenvalue weighted by Crippen LogP contribution is -2.43. The number of fused-ring (bicyclic) bond motifs is 1. The molecule has 2 N–H and O–H groups in total. The maximum Gasteiger partial charge on any atom is 0.280 e. The van der Waals surface area contributed by atoms with Gasteiger partial charge in [0.25, 0.3) is 5.56 Å². The first-order chi connectivity index (χ1) is 13.9. The van der Waals surface area contributed by atoms with E-state index in [1.165, 1.54) is 6.33 Å². The van der Waals surface area contributed by atoms with Crippen molar-refractivity contribution in [3.63, 3.8) is 0 Å². The van der Waals surface area contributed by atoms with Crippen molar-refractivity contribution in [2.75, 3.05) is 20.7 Å². The van der Waals surface area contributed by atoms with E-state index in [4.69, 9.17) is 9.16 Å². The van der Waals surface area contributed by atoms with E-state index in [9.17, 15) is 9.90 Å². The average molecular weight is 437 g/mol. The van der Waals surface area contributed by atoms with Crippen LogP contribution in [0, 0.1) is 0 Å². The summed E-state index contributed by atoms with van der Waals surface area (Å²) in [5.74, 6) is 0.180. The molecule has 1 aliphatic rings. The van der Waals surface area contributed by atoms with Gasteiger partial charge in [0, 0.05) is 20.5 Å². The number of hydrogen-bond donors (Lipinski definition) is 2. The summed E-state index contributed by atoms with van der Waals surface area (Å²) in [5, 5.41) is 10.6. The van der Waals surface area contributed by atoms with Crippen molar-refractivity contribution in [2.24, 2.45) is 4.99 Å². The van der Waals surface area contributed by atoms with Gasteiger partial charge in [-0.2, -0.15) is 4.98 Å². The van der Waals surface area contributed by atoms with Gasteiger partial charge in [-0.1, -0.05) is 20.8 Å². The first-order valence-corrected chi connectivity index (χ1v) is 12.9. The van der Waals surface area contributed by atoms with Crippen molar-refractivity contribution in [1.82, 2.24) is 24.4 Å². The molecule has 1 saturated heterocycles. The van der Waals surface area contributed by atoms with E-state index in [0.29, 0.717) is 18.7 Å². The second-order valence-electron chi connectivity index (χ2n) is 9.43. The smallest absolute Gasteiger partial charge is 0.280 e. The van der Waals surface area contributed by atoms with Gasteiger partial charge in [-0.05, 0) is 18.1 Å². The summed E-state index contributed by atoms with van der Waals surface area (Å²) in [6, 6.07) is 0. The molecule has 0 bridgehead atoms. The van der Waals surface area contributed by atoms with Crippen molar-refractivity contribution in [3.05, 3.63) is 16.7 Å². The molecular formula is C19H32N6O4Si. The first-order valence-electron chi connectivity index (χ1n) is 10.0. The molecule has 0 spiro atoms. The number of nitrogens with zero attached hydrogens (tertiary/aromatic N) is 5. The molecule has 11 heteroatoms. The molecule has 3 rings (SSSR count). The minimum atomic E-state index is -1.96. The van der Waals surface area contributed by atoms with Crippen LogP contribution in [0.2, 0.25) is 18.1 Å². The largest absolute Gasteiger partial charge is 0.414 e. The maximum atomic E-state index is 12.3. The molecule has 10 nitrogen and oxygen atoms in total. The van der Waals surface area contributed by atoms with Crippen molar-refractivity contribution >= 4 is 31.8 Å². The van der Waals surface area contributed by atoms with Crippen LogP contribution in [0.1, 0.15) is 33.4 Å². The summed E-state index contributed by atoms with van der Waals surface area (Å²) >= 11 is 0. The highest BCUT2D eigenvalue weighted by Crippen LogP contribution is 2.38. The van der Waals surface area contributed by atoms with Crippen LogP contribution in [0.25, 0.3) is 11.2 Å². The van der Waals surface area contributed by atoms with E-state index in [-0.39, 0.29) is 22.1 Å². The van der Waals surface area contributed by atoms with Gasteiger partial charge in [-0.25, -0.2) is 9.98 Å². The van der Waals surface area contributed by atoms with E-state index >= 15 is 0 Å². The molecule has 1 fully saturated rings. The Morgan fingerprint density at radius 3 is 2.80 bits per heavy atom. The molecular weight excluding hydrogens is 404 g/mol. The van der Waals surface area contributed by atoms with Gasteiger partial charge in [0.2, 0.25) is 5.95 Å². The predicted molar refractivity (Wildman–Crippen MR) is 118 cm³/mol. The zero-order valence-corrected chi connectivity index (χ0v) is 19.7. The highest BCUT2D eigenvalue weighted by Gasteiger charge is 2.41. The highest BCUT2D eigenvalue weighted by molar-refractivity contribution is 6.74. The van der Waals surface area contributed by atoms with Crippen LogP contribution in [-0.4, -0.2) is 77.1 Å². The van der Waals surface area contributed by atoms with Gasteiger partial charge in [0.15, 0.2) is 19.5 Å². The molecule has 0 unspecified atom stereocenters. The third kappa shape index (κ3) is 4.64. The second kappa shape index (κ2) is 8.21. The van der Waals surface area contributed by atoms with Crippen LogP contribution >= 0.6 is 0 Å². The second-order valence-corrected chi connectivity index (χ2v) is 14.2. The Kier molecular flexibility index (Phi) is 6.19. The molecule has 30 heavy (non-hydrogen) atoms. The Hall–Kier alpha value is -2.08. The number of aliphatic hydroxyl groups excluding tert-OH is 1. The number of aliphatic hydroxyl groups is 1. The fourth-order valence-electron chi connectivity index (χ4n) is 2.90. The van der Waals surface area contributed by atoms with Crippen LogP contribution in [0.4, 0.5) is 5.95 Å². The van der Waals surface area contributed by atoms with Crippen LogP contribution in [-0.2, 0) is 9.16 Å². The summed E-state index contributed by atoms with van der Waals surface area (Å²) in [6.07, 6.45) is 1.82. The van der Waals surface area contributed by atoms with Gasteiger partial charge in [-0.15, -0.1) is 0 Å². The first kappa shape index (κ1) is 22.6. The Morgan fingerprint density at radius 1 is 1.47 bits per heavy atom. The van der Waals surface area contributed by atoms with E-state index < -0.39 is 26.8 Å². The number of H-pyrrole nitrogens is 1. The molecule has 0 saturated carbocycles. The van der Waals surface area contributed by atoms with Crippen LogP contribution in [0.15, 0.2) is 16.1 Å². The van der Waals surface area contributed by atoms with Gasteiger partial charge in [0.05, 0.1) is 25.4 Å². The van der Waals surface area contributed by atoms with Crippen molar-refractivity contribution in [2.45, 2.75) is 63.8 Å². The predicted octanol–water partition coefficient (Wildman–Crippen LogP) is 2.01. The van der Waals surface area contributed by atoms with Gasteiger partial charge >= 0.3 is 0 Å². The summed E-state index contributed by atoms with van der Waals surface area (Å²) in [6.45, 7) is 11.2. The molecule has 0 radical (unpaired) electrons. The molecule has 3 atom stereocenters. The van der Waals surface area contributed by atoms with Crippen LogP contribution in [0.5, 0.6) is 0 Å². The molecule has 1 aliphatic heterocycles. The van der Waals surface area contributed by atoms with Gasteiger partial charge in [-0.3, -0.25) is 14.3 Å². The van der Waals surface area contributed by atoms with E-state index in [2.05, 4.69) is 53.8 Å². The van der Waals surface area contributed by atoms with Crippen molar-refractivity contribution < 1.29 is 14.3 Å². The Labute approximate surface area is 177 Å². The minimum absolute atomic E-state index is 0.0743. The standard InChI is InChI=1S/C19H32N6O4Si/c1-19(2,3)30(6,7)28-9-13-12(26)8-14(29-13)25-11-20-15-16(25)22-18(23-17(15)27)21-10-24(4)5/h10-14,26H,8-9H2,1-7H3,(H,22,23,27)/b21-10+/t12-,13-,14-/m0/s1. The van der Waals surface area contributed by atoms with Gasteiger partial charge in [0.1, 0.15) is 12.3 Å². The number of aromatic amines is 1. The summed E-state index contributed by atoms with van der Waals surface area (Å²) < 4.78 is 14.0. The molecule has 2 aromatic heterocycles. The topological polar surface area (TPSA) is 118 Å². The molecule has 0 aromatic carbocycles. The van der Waals surface area contributed by atoms with E-state index in [0.717, 1.165) is 0 Å².